The molecule has 7 heteroatoms. The zero-order valence-electron chi connectivity index (χ0n) is 15.4. The van der Waals surface area contributed by atoms with E-state index in [4.69, 9.17) is 0 Å². The second-order valence-corrected chi connectivity index (χ2v) is 7.08. The van der Waals surface area contributed by atoms with Crippen molar-refractivity contribution in [1.29, 1.82) is 0 Å². The Morgan fingerprint density at radius 3 is 2.69 bits per heavy atom. The summed E-state index contributed by atoms with van der Waals surface area (Å²) in [6.07, 6.45) is 4.81. The Morgan fingerprint density at radius 1 is 0.966 bits per heavy atom. The van der Waals surface area contributed by atoms with E-state index in [9.17, 15) is 13.2 Å². The molecule has 0 saturated carbocycles. The predicted octanol–water partition coefficient (Wildman–Crippen LogP) is 5.16. The lowest BCUT2D eigenvalue weighted by Gasteiger charge is -2.26. The van der Waals surface area contributed by atoms with Crippen molar-refractivity contribution in [2.45, 2.75) is 18.9 Å². The number of rotatable bonds is 3. The van der Waals surface area contributed by atoms with Crippen molar-refractivity contribution < 1.29 is 13.2 Å². The molecule has 4 aromatic rings. The molecule has 5 rings (SSSR count). The van der Waals surface area contributed by atoms with Gasteiger partial charge in [0.25, 0.3) is 0 Å². The predicted molar refractivity (Wildman–Crippen MR) is 104 cm³/mol. The minimum Gasteiger partial charge on any atom is -0.347 e. The van der Waals surface area contributed by atoms with Crippen LogP contribution < -0.4 is 4.90 Å². The Bertz CT molecular complexity index is 1200. The molecule has 0 bridgehead atoms. The first-order chi connectivity index (χ1) is 14.1. The Labute approximate surface area is 165 Å². The molecule has 1 aliphatic rings. The molecule has 1 saturated heterocycles. The van der Waals surface area contributed by atoms with Gasteiger partial charge in [-0.05, 0) is 43.2 Å². The monoisotopic (exact) mass is 394 g/mol. The highest BCUT2D eigenvalue weighted by Crippen LogP contribution is 2.42. The summed E-state index contributed by atoms with van der Waals surface area (Å²) in [5, 5.41) is 4.64. The normalized spacial score (nSPS) is 16.7. The lowest BCUT2D eigenvalue weighted by Crippen LogP contribution is -2.24. The number of hydrogen-bond acceptors (Lipinski definition) is 3. The van der Waals surface area contributed by atoms with Gasteiger partial charge >= 0.3 is 0 Å². The van der Waals surface area contributed by atoms with Gasteiger partial charge in [-0.2, -0.15) is 0 Å². The highest BCUT2D eigenvalue weighted by Gasteiger charge is 2.33. The van der Waals surface area contributed by atoms with E-state index in [2.05, 4.69) is 10.1 Å². The number of fused-ring (bicyclic) bond motifs is 1. The third-order valence-corrected chi connectivity index (χ3v) is 5.36. The summed E-state index contributed by atoms with van der Waals surface area (Å²) in [5.74, 6) is -0.821. The van der Waals surface area contributed by atoms with Crippen LogP contribution in [-0.4, -0.2) is 21.1 Å². The molecule has 1 fully saturated rings. The molecule has 1 aliphatic heterocycles. The van der Waals surface area contributed by atoms with E-state index in [1.807, 2.05) is 4.90 Å². The molecule has 0 amide bonds. The van der Waals surface area contributed by atoms with Gasteiger partial charge in [0.15, 0.2) is 11.5 Å². The Morgan fingerprint density at radius 2 is 1.83 bits per heavy atom. The van der Waals surface area contributed by atoms with Crippen LogP contribution in [0, 0.1) is 17.5 Å². The maximum absolute atomic E-state index is 14.7. The molecule has 3 heterocycles. The van der Waals surface area contributed by atoms with E-state index < -0.39 is 11.6 Å². The second-order valence-electron chi connectivity index (χ2n) is 7.08. The summed E-state index contributed by atoms with van der Waals surface area (Å²) < 4.78 is 44.6. The fourth-order valence-electron chi connectivity index (χ4n) is 4.09. The highest BCUT2D eigenvalue weighted by molar-refractivity contribution is 5.88. The van der Waals surface area contributed by atoms with Crippen molar-refractivity contribution in [1.82, 2.24) is 14.6 Å². The van der Waals surface area contributed by atoms with Crippen LogP contribution in [0.2, 0.25) is 0 Å². The van der Waals surface area contributed by atoms with Gasteiger partial charge in [-0.1, -0.05) is 18.2 Å². The summed E-state index contributed by atoms with van der Waals surface area (Å²) in [6, 6.07) is 11.3. The smallest absolute Gasteiger partial charge is 0.165 e. The van der Waals surface area contributed by atoms with Gasteiger partial charge in [-0.3, -0.25) is 0 Å². The largest absolute Gasteiger partial charge is 0.347 e. The van der Waals surface area contributed by atoms with Crippen LogP contribution in [0.4, 0.5) is 19.0 Å². The molecule has 146 valence electrons. The first kappa shape index (κ1) is 17.7. The summed E-state index contributed by atoms with van der Waals surface area (Å²) in [5.41, 5.74) is 1.72. The standard InChI is InChI=1S/C22H17F3N4/c23-14-8-9-18(25)16(13-14)19-7-3-11-28(19)22-20(15-5-1-2-6-17(15)24)21-26-10-4-12-29(21)27-22/h1-2,4-6,8-10,12-13,19H,3,7,11H2/t19-/m1/s1. The lowest BCUT2D eigenvalue weighted by atomic mass is 10.0. The minimum absolute atomic E-state index is 0.284. The van der Waals surface area contributed by atoms with Crippen molar-refractivity contribution >= 4 is 11.5 Å². The fourth-order valence-corrected chi connectivity index (χ4v) is 4.09. The van der Waals surface area contributed by atoms with Crippen LogP contribution in [0.15, 0.2) is 60.9 Å². The van der Waals surface area contributed by atoms with Crippen LogP contribution in [0.1, 0.15) is 24.4 Å². The van der Waals surface area contributed by atoms with E-state index in [0.29, 0.717) is 35.6 Å². The Balaban J connectivity index is 1.72. The maximum atomic E-state index is 14.7. The van der Waals surface area contributed by atoms with E-state index in [0.717, 1.165) is 18.6 Å². The molecular formula is C22H17F3N4. The number of nitrogens with zero attached hydrogens (tertiary/aromatic N) is 4. The third kappa shape index (κ3) is 2.93. The molecule has 0 N–H and O–H groups in total. The second kappa shape index (κ2) is 6.92. The average molecular weight is 394 g/mol. The number of hydrogen-bond donors (Lipinski definition) is 0. The van der Waals surface area contributed by atoms with E-state index in [1.54, 1.807) is 41.2 Å². The SMILES string of the molecule is Fc1ccc(F)c([C@H]2CCCN2c2nn3cccnc3c2-c2ccccc2F)c1. The van der Waals surface area contributed by atoms with Gasteiger partial charge in [-0.15, -0.1) is 5.10 Å². The fraction of sp³-hybridized carbons (Fsp3) is 0.182. The van der Waals surface area contributed by atoms with Crippen LogP contribution in [0.25, 0.3) is 16.8 Å². The van der Waals surface area contributed by atoms with Crippen LogP contribution in [0.5, 0.6) is 0 Å². The third-order valence-electron chi connectivity index (χ3n) is 5.36. The molecule has 0 spiro atoms. The first-order valence-corrected chi connectivity index (χ1v) is 9.43. The zero-order chi connectivity index (χ0) is 20.0. The van der Waals surface area contributed by atoms with Gasteiger partial charge in [0.2, 0.25) is 0 Å². The minimum atomic E-state index is -0.487. The first-order valence-electron chi connectivity index (χ1n) is 9.43. The van der Waals surface area contributed by atoms with Gasteiger partial charge in [0.1, 0.15) is 17.5 Å². The van der Waals surface area contributed by atoms with Crippen molar-refractivity contribution in [3.05, 3.63) is 83.9 Å². The molecule has 4 nitrogen and oxygen atoms in total. The Hall–Kier alpha value is -3.35. The van der Waals surface area contributed by atoms with Crippen molar-refractivity contribution in [3.63, 3.8) is 0 Å². The van der Waals surface area contributed by atoms with Gasteiger partial charge in [0.05, 0.1) is 11.6 Å². The van der Waals surface area contributed by atoms with Gasteiger partial charge in [0, 0.05) is 30.1 Å². The zero-order valence-corrected chi connectivity index (χ0v) is 15.4. The molecule has 0 aliphatic carbocycles. The van der Waals surface area contributed by atoms with E-state index in [-0.39, 0.29) is 17.4 Å². The van der Waals surface area contributed by atoms with E-state index in [1.165, 1.54) is 12.1 Å². The van der Waals surface area contributed by atoms with E-state index >= 15 is 0 Å². The van der Waals surface area contributed by atoms with Crippen LogP contribution in [-0.2, 0) is 0 Å². The lowest BCUT2D eigenvalue weighted by molar-refractivity contribution is 0.560. The van der Waals surface area contributed by atoms with Crippen molar-refractivity contribution in [3.8, 4) is 11.1 Å². The van der Waals surface area contributed by atoms with Crippen molar-refractivity contribution in [2.24, 2.45) is 0 Å². The molecule has 2 aromatic carbocycles. The topological polar surface area (TPSA) is 33.4 Å². The number of anilines is 1. The van der Waals surface area contributed by atoms with Crippen LogP contribution in [0.3, 0.4) is 0 Å². The molecule has 29 heavy (non-hydrogen) atoms. The van der Waals surface area contributed by atoms with Crippen LogP contribution >= 0.6 is 0 Å². The average Bonchev–Trinajstić information content (AvgIpc) is 3.34. The van der Waals surface area contributed by atoms with Gasteiger partial charge in [-0.25, -0.2) is 22.7 Å². The molecule has 0 radical (unpaired) electrons. The quantitative estimate of drug-likeness (QED) is 0.482. The molecule has 0 unspecified atom stereocenters. The molecular weight excluding hydrogens is 377 g/mol. The highest BCUT2D eigenvalue weighted by atomic mass is 19.1. The van der Waals surface area contributed by atoms with Crippen molar-refractivity contribution in [2.75, 3.05) is 11.4 Å². The molecule has 2 aromatic heterocycles. The summed E-state index contributed by atoms with van der Waals surface area (Å²) in [4.78, 5) is 6.32. The molecule has 1 atom stereocenters. The number of benzene rings is 2. The number of halogens is 3. The van der Waals surface area contributed by atoms with Gasteiger partial charge < -0.3 is 4.90 Å². The number of aromatic nitrogens is 3. The summed E-state index contributed by atoms with van der Waals surface area (Å²) in [7, 11) is 0. The Kier molecular flexibility index (Phi) is 4.23. The maximum Gasteiger partial charge on any atom is 0.165 e. The summed E-state index contributed by atoms with van der Waals surface area (Å²) in [6.45, 7) is 0.603. The summed E-state index contributed by atoms with van der Waals surface area (Å²) >= 11 is 0.